The molecule has 4 bridgehead atoms. The van der Waals surface area contributed by atoms with Gasteiger partial charge in [-0.05, 0) is 167 Å². The predicted octanol–water partition coefficient (Wildman–Crippen LogP) is 14.9. The zero-order valence-corrected chi connectivity index (χ0v) is 31.9. The van der Waals surface area contributed by atoms with Crippen molar-refractivity contribution in [2.45, 2.75) is 38.0 Å². The molecule has 276 valence electrons. The number of fused-ring (bicyclic) bond motifs is 8. The SMILES string of the molecule is Fc1ccc(N(c2ccc(-c3ccc4c5ccccc5c5c(c(-c6ccccc6)c6ccccn65)c4c3)cc2)c2ccc(C3C4CC5CC(C4)CC3C5)cc2)cc1. The van der Waals surface area contributed by atoms with Gasteiger partial charge in [0.05, 0.1) is 11.0 Å². The van der Waals surface area contributed by atoms with Crippen molar-refractivity contribution in [1.29, 1.82) is 0 Å². The molecule has 2 aromatic heterocycles. The molecule has 9 aromatic rings. The van der Waals surface area contributed by atoms with E-state index in [4.69, 9.17) is 0 Å². The van der Waals surface area contributed by atoms with E-state index >= 15 is 0 Å². The van der Waals surface area contributed by atoms with E-state index in [0.717, 1.165) is 46.3 Å². The number of halogens is 1. The summed E-state index contributed by atoms with van der Waals surface area (Å²) in [7, 11) is 0. The van der Waals surface area contributed by atoms with E-state index in [2.05, 4.69) is 155 Å². The number of pyridine rings is 1. The van der Waals surface area contributed by atoms with Gasteiger partial charge < -0.3 is 9.30 Å². The minimum atomic E-state index is -0.226. The highest BCUT2D eigenvalue weighted by Gasteiger charge is 2.48. The molecule has 4 aliphatic carbocycles. The van der Waals surface area contributed by atoms with E-state index < -0.39 is 0 Å². The Labute approximate surface area is 332 Å². The molecule has 0 spiro atoms. The van der Waals surface area contributed by atoms with Crippen LogP contribution in [0.3, 0.4) is 0 Å². The van der Waals surface area contributed by atoms with Gasteiger partial charge in [-0.3, -0.25) is 0 Å². The Morgan fingerprint density at radius 2 is 1.05 bits per heavy atom. The zero-order valence-electron chi connectivity index (χ0n) is 31.9. The summed E-state index contributed by atoms with van der Waals surface area (Å²) in [6.07, 6.45) is 9.36. The summed E-state index contributed by atoms with van der Waals surface area (Å²) in [5.41, 5.74) is 11.8. The van der Waals surface area contributed by atoms with Gasteiger partial charge >= 0.3 is 0 Å². The smallest absolute Gasteiger partial charge is 0.123 e. The van der Waals surface area contributed by atoms with Crippen LogP contribution in [0.2, 0.25) is 0 Å². The normalized spacial score (nSPS) is 21.2. The number of aromatic nitrogens is 1. The van der Waals surface area contributed by atoms with Crippen LogP contribution in [0.15, 0.2) is 170 Å². The first-order valence-corrected chi connectivity index (χ1v) is 20.8. The summed E-state index contributed by atoms with van der Waals surface area (Å²) in [5.74, 6) is 4.10. The number of nitrogens with zero attached hydrogens (tertiary/aromatic N) is 2. The molecular weight excluding hydrogens is 696 g/mol. The minimum absolute atomic E-state index is 0.226. The maximum absolute atomic E-state index is 14.3. The van der Waals surface area contributed by atoms with Crippen LogP contribution in [0.5, 0.6) is 0 Å². The summed E-state index contributed by atoms with van der Waals surface area (Å²) in [6, 6.07) is 58.3. The zero-order chi connectivity index (χ0) is 37.6. The average molecular weight is 739 g/mol. The highest BCUT2D eigenvalue weighted by Crippen LogP contribution is 2.60. The Kier molecular flexibility index (Phi) is 7.48. The van der Waals surface area contributed by atoms with Crippen LogP contribution >= 0.6 is 0 Å². The number of hydrogen-bond donors (Lipinski definition) is 0. The number of rotatable bonds is 6. The molecular formula is C54H43FN2. The molecule has 2 nitrogen and oxygen atoms in total. The lowest BCUT2D eigenvalue weighted by molar-refractivity contribution is -0.00277. The van der Waals surface area contributed by atoms with Crippen LogP contribution in [0.25, 0.3) is 60.2 Å². The second kappa shape index (κ2) is 12.9. The van der Waals surface area contributed by atoms with Gasteiger partial charge in [0, 0.05) is 39.6 Å². The van der Waals surface area contributed by atoms with E-state index in [-0.39, 0.29) is 5.82 Å². The molecule has 4 aliphatic rings. The van der Waals surface area contributed by atoms with Crippen molar-refractivity contribution in [3.63, 3.8) is 0 Å². The maximum Gasteiger partial charge on any atom is 0.123 e. The molecule has 0 atom stereocenters. The van der Waals surface area contributed by atoms with E-state index in [1.807, 2.05) is 12.1 Å². The molecule has 0 aliphatic heterocycles. The van der Waals surface area contributed by atoms with Crippen LogP contribution in [0.4, 0.5) is 21.5 Å². The van der Waals surface area contributed by atoms with E-state index in [9.17, 15) is 4.39 Å². The largest absolute Gasteiger partial charge is 0.315 e. The molecule has 0 amide bonds. The predicted molar refractivity (Wildman–Crippen MR) is 235 cm³/mol. The van der Waals surface area contributed by atoms with Crippen molar-refractivity contribution < 1.29 is 4.39 Å². The van der Waals surface area contributed by atoms with Crippen LogP contribution in [0.1, 0.15) is 43.6 Å². The van der Waals surface area contributed by atoms with Crippen molar-refractivity contribution in [2.24, 2.45) is 23.7 Å². The lowest BCUT2D eigenvalue weighted by Crippen LogP contribution is -2.43. The molecule has 7 aromatic carbocycles. The van der Waals surface area contributed by atoms with Gasteiger partial charge in [0.15, 0.2) is 0 Å². The first-order chi connectivity index (χ1) is 28.1. The van der Waals surface area contributed by atoms with Crippen LogP contribution in [-0.4, -0.2) is 4.40 Å². The molecule has 4 saturated carbocycles. The third-order valence-corrected chi connectivity index (χ3v) is 14.0. The van der Waals surface area contributed by atoms with Crippen molar-refractivity contribution in [2.75, 3.05) is 4.90 Å². The first-order valence-electron chi connectivity index (χ1n) is 20.8. The average Bonchev–Trinajstić information content (AvgIpc) is 3.61. The van der Waals surface area contributed by atoms with Crippen molar-refractivity contribution in [1.82, 2.24) is 4.40 Å². The third kappa shape index (κ3) is 5.28. The van der Waals surface area contributed by atoms with Crippen LogP contribution in [-0.2, 0) is 0 Å². The Bertz CT molecular complexity index is 2930. The van der Waals surface area contributed by atoms with Crippen molar-refractivity contribution in [3.8, 4) is 22.3 Å². The Morgan fingerprint density at radius 1 is 0.474 bits per heavy atom. The quantitative estimate of drug-likeness (QED) is 0.154. The molecule has 3 heteroatoms. The monoisotopic (exact) mass is 738 g/mol. The minimum Gasteiger partial charge on any atom is -0.315 e. The van der Waals surface area contributed by atoms with E-state index in [0.29, 0.717) is 5.92 Å². The standard InChI is InChI=1S/C54H43FN2/c55-42-18-24-45(25-19-42)57(44-22-15-38(16-23-44)51-40-29-34-28-35(31-40)32-41(51)30-34)43-20-13-36(14-21-43)39-17-26-47-46-10-4-5-11-48(46)54-53(49(47)33-39)52(37-8-2-1-3-9-37)50-12-6-7-27-56(50)54/h1-27,33-35,40-41,51H,28-32H2. The van der Waals surface area contributed by atoms with Gasteiger partial charge in [0.2, 0.25) is 0 Å². The Balaban J connectivity index is 0.966. The highest BCUT2D eigenvalue weighted by atomic mass is 19.1. The summed E-state index contributed by atoms with van der Waals surface area (Å²) >= 11 is 0. The number of anilines is 3. The number of benzene rings is 7. The number of hydrogen-bond acceptors (Lipinski definition) is 1. The second-order valence-corrected chi connectivity index (χ2v) is 17.1. The van der Waals surface area contributed by atoms with Crippen LogP contribution in [0, 0.1) is 29.5 Å². The van der Waals surface area contributed by atoms with Gasteiger partial charge in [-0.25, -0.2) is 4.39 Å². The Morgan fingerprint density at radius 3 is 1.75 bits per heavy atom. The molecule has 13 rings (SSSR count). The lowest BCUT2D eigenvalue weighted by atomic mass is 9.51. The fourth-order valence-electron chi connectivity index (χ4n) is 11.9. The highest BCUT2D eigenvalue weighted by molar-refractivity contribution is 6.30. The Hall–Kier alpha value is -6.19. The van der Waals surface area contributed by atoms with Crippen molar-refractivity contribution in [3.05, 3.63) is 181 Å². The van der Waals surface area contributed by atoms with E-state index in [1.165, 1.54) is 92.3 Å². The molecule has 4 fully saturated rings. The molecule has 57 heavy (non-hydrogen) atoms. The van der Waals surface area contributed by atoms with Gasteiger partial charge in [0.1, 0.15) is 5.82 Å². The molecule has 0 radical (unpaired) electrons. The van der Waals surface area contributed by atoms with Gasteiger partial charge in [0.25, 0.3) is 0 Å². The maximum atomic E-state index is 14.3. The summed E-state index contributed by atoms with van der Waals surface area (Å²) in [4.78, 5) is 2.26. The molecule has 0 unspecified atom stereocenters. The molecule has 0 N–H and O–H groups in total. The summed E-state index contributed by atoms with van der Waals surface area (Å²) in [5, 5.41) is 6.30. The van der Waals surface area contributed by atoms with Gasteiger partial charge in [-0.15, -0.1) is 0 Å². The topological polar surface area (TPSA) is 7.65 Å². The second-order valence-electron chi connectivity index (χ2n) is 17.1. The van der Waals surface area contributed by atoms with Gasteiger partial charge in [-0.1, -0.05) is 97.1 Å². The fraction of sp³-hybridized carbons (Fsp3) is 0.185. The molecule has 0 saturated heterocycles. The molecule has 2 heterocycles. The summed E-state index contributed by atoms with van der Waals surface area (Å²) < 4.78 is 16.6. The first kappa shape index (κ1) is 33.0. The van der Waals surface area contributed by atoms with Crippen molar-refractivity contribution >= 4 is 55.0 Å². The third-order valence-electron chi connectivity index (χ3n) is 14.0. The van der Waals surface area contributed by atoms with Crippen LogP contribution < -0.4 is 4.90 Å². The fourth-order valence-corrected chi connectivity index (χ4v) is 11.9. The van der Waals surface area contributed by atoms with Gasteiger partial charge in [-0.2, -0.15) is 0 Å². The summed E-state index contributed by atoms with van der Waals surface area (Å²) in [6.45, 7) is 0. The lowest BCUT2D eigenvalue weighted by Gasteiger charge is -2.54. The van der Waals surface area contributed by atoms with E-state index in [1.54, 1.807) is 12.1 Å².